The number of thioether (sulfide) groups is 1. The zero-order chi connectivity index (χ0) is 13.0. The van der Waals surface area contributed by atoms with Crippen molar-refractivity contribution in [2.75, 3.05) is 0 Å². The summed E-state index contributed by atoms with van der Waals surface area (Å²) >= 11 is 7.12. The van der Waals surface area contributed by atoms with Crippen molar-refractivity contribution in [1.82, 2.24) is 4.98 Å². The number of pyridine rings is 1. The second-order valence-electron chi connectivity index (χ2n) is 3.49. The molecule has 1 heterocycles. The van der Waals surface area contributed by atoms with Gasteiger partial charge >= 0.3 is 0 Å². The molecule has 1 aromatic carbocycles. The Balaban J connectivity index is 2.11. The van der Waals surface area contributed by atoms with Crippen LogP contribution in [0.3, 0.4) is 0 Å². The third kappa shape index (κ3) is 3.00. The lowest BCUT2D eigenvalue weighted by Gasteiger charge is -2.04. The predicted octanol–water partition coefficient (Wildman–Crippen LogP) is 4.04. The maximum atomic E-state index is 13.8. The lowest BCUT2D eigenvalue weighted by atomic mass is 10.1. The van der Waals surface area contributed by atoms with Crippen molar-refractivity contribution in [2.45, 2.75) is 10.8 Å². The summed E-state index contributed by atoms with van der Waals surface area (Å²) in [6, 6.07) is 10.1. The molecule has 0 saturated heterocycles. The van der Waals surface area contributed by atoms with Crippen molar-refractivity contribution in [3.8, 4) is 6.07 Å². The molecule has 0 N–H and O–H groups in total. The molecular formula is C13H8ClFN2S. The van der Waals surface area contributed by atoms with E-state index < -0.39 is 5.82 Å². The van der Waals surface area contributed by atoms with Crippen molar-refractivity contribution >= 4 is 23.4 Å². The Morgan fingerprint density at radius 3 is 2.83 bits per heavy atom. The van der Waals surface area contributed by atoms with Gasteiger partial charge in [-0.15, -0.1) is 11.8 Å². The molecule has 2 aromatic rings. The second kappa shape index (κ2) is 5.85. The van der Waals surface area contributed by atoms with Crippen molar-refractivity contribution in [3.05, 3.63) is 58.5 Å². The minimum absolute atomic E-state index is 0.0668. The number of rotatable bonds is 3. The van der Waals surface area contributed by atoms with Gasteiger partial charge in [0.1, 0.15) is 11.9 Å². The van der Waals surface area contributed by atoms with E-state index in [9.17, 15) is 4.39 Å². The van der Waals surface area contributed by atoms with Gasteiger partial charge in [-0.05, 0) is 23.8 Å². The van der Waals surface area contributed by atoms with Gasteiger partial charge in [0, 0.05) is 11.9 Å². The Kier molecular flexibility index (Phi) is 4.19. The molecule has 0 unspecified atom stereocenters. The van der Waals surface area contributed by atoms with E-state index in [2.05, 4.69) is 4.98 Å². The fourth-order valence-corrected chi connectivity index (χ4v) is 2.31. The fourth-order valence-electron chi connectivity index (χ4n) is 1.38. The fraction of sp³-hybridized carbons (Fsp3) is 0.0769. The molecule has 0 radical (unpaired) electrons. The van der Waals surface area contributed by atoms with Crippen LogP contribution in [0.4, 0.5) is 4.39 Å². The van der Waals surface area contributed by atoms with Crippen LogP contribution >= 0.6 is 23.4 Å². The highest BCUT2D eigenvalue weighted by atomic mass is 35.5. The summed E-state index contributed by atoms with van der Waals surface area (Å²) in [4.78, 5) is 4.11. The van der Waals surface area contributed by atoms with Crippen molar-refractivity contribution in [2.24, 2.45) is 0 Å². The van der Waals surface area contributed by atoms with Gasteiger partial charge in [0.2, 0.25) is 0 Å². The average molecular weight is 279 g/mol. The van der Waals surface area contributed by atoms with Gasteiger partial charge in [-0.1, -0.05) is 23.7 Å². The van der Waals surface area contributed by atoms with Crippen LogP contribution in [-0.2, 0) is 5.75 Å². The first-order valence-corrected chi connectivity index (χ1v) is 6.49. The quantitative estimate of drug-likeness (QED) is 0.795. The van der Waals surface area contributed by atoms with E-state index >= 15 is 0 Å². The number of hydrogen-bond acceptors (Lipinski definition) is 3. The Morgan fingerprint density at radius 1 is 1.33 bits per heavy atom. The van der Waals surface area contributed by atoms with Crippen LogP contribution in [0, 0.1) is 17.1 Å². The molecule has 0 saturated carbocycles. The second-order valence-corrected chi connectivity index (χ2v) is 4.93. The lowest BCUT2D eigenvalue weighted by molar-refractivity contribution is 0.613. The van der Waals surface area contributed by atoms with Crippen LogP contribution in [0.15, 0.2) is 41.6 Å². The highest BCUT2D eigenvalue weighted by Crippen LogP contribution is 2.24. The molecule has 0 spiro atoms. The maximum absolute atomic E-state index is 13.8. The van der Waals surface area contributed by atoms with Crippen molar-refractivity contribution in [1.29, 1.82) is 5.26 Å². The summed E-state index contributed by atoms with van der Waals surface area (Å²) < 4.78 is 13.8. The van der Waals surface area contributed by atoms with Crippen LogP contribution in [0.1, 0.15) is 11.1 Å². The van der Waals surface area contributed by atoms with Crippen molar-refractivity contribution in [3.63, 3.8) is 0 Å². The number of aromatic nitrogens is 1. The summed E-state index contributed by atoms with van der Waals surface area (Å²) in [5, 5.41) is 10.1. The predicted molar refractivity (Wildman–Crippen MR) is 69.9 cm³/mol. The first kappa shape index (κ1) is 12.9. The first-order valence-electron chi connectivity index (χ1n) is 5.12. The number of nitrogens with zero attached hydrogens (tertiary/aromatic N) is 2. The molecule has 0 aliphatic rings. The van der Waals surface area contributed by atoms with E-state index in [0.717, 1.165) is 5.03 Å². The van der Waals surface area contributed by atoms with Crippen LogP contribution < -0.4 is 0 Å². The number of hydrogen-bond donors (Lipinski definition) is 0. The largest absolute Gasteiger partial charge is 0.248 e. The van der Waals surface area contributed by atoms with Gasteiger partial charge < -0.3 is 0 Å². The molecule has 0 bridgehead atoms. The monoisotopic (exact) mass is 278 g/mol. The zero-order valence-electron chi connectivity index (χ0n) is 9.23. The van der Waals surface area contributed by atoms with E-state index in [1.807, 2.05) is 6.07 Å². The molecule has 0 aliphatic heterocycles. The van der Waals surface area contributed by atoms with E-state index in [-0.39, 0.29) is 5.56 Å². The molecule has 5 heteroatoms. The van der Waals surface area contributed by atoms with Crippen LogP contribution in [-0.4, -0.2) is 4.98 Å². The van der Waals surface area contributed by atoms with Gasteiger partial charge in [-0.3, -0.25) is 0 Å². The molecule has 0 fully saturated rings. The first-order chi connectivity index (χ1) is 8.70. The summed E-state index contributed by atoms with van der Waals surface area (Å²) in [6.07, 6.45) is 1.55. The van der Waals surface area contributed by atoms with Gasteiger partial charge in [0.15, 0.2) is 0 Å². The highest BCUT2D eigenvalue weighted by molar-refractivity contribution is 7.98. The van der Waals surface area contributed by atoms with Crippen molar-refractivity contribution < 1.29 is 4.39 Å². The Bertz CT molecular complexity index is 593. The van der Waals surface area contributed by atoms with E-state index in [0.29, 0.717) is 16.3 Å². The van der Waals surface area contributed by atoms with Gasteiger partial charge in [-0.2, -0.15) is 5.26 Å². The van der Waals surface area contributed by atoms with Crippen LogP contribution in [0.25, 0.3) is 0 Å². The third-order valence-electron chi connectivity index (χ3n) is 2.27. The van der Waals surface area contributed by atoms with Crippen LogP contribution in [0.2, 0.25) is 5.02 Å². The minimum atomic E-state index is -0.457. The topological polar surface area (TPSA) is 36.7 Å². The molecule has 0 amide bonds. The van der Waals surface area contributed by atoms with Gasteiger partial charge in [-0.25, -0.2) is 9.37 Å². The molecule has 2 nitrogen and oxygen atoms in total. The summed E-state index contributed by atoms with van der Waals surface area (Å²) in [5.74, 6) is -0.0304. The van der Waals surface area contributed by atoms with Crippen LogP contribution in [0.5, 0.6) is 0 Å². The third-order valence-corrected chi connectivity index (χ3v) is 3.49. The van der Waals surface area contributed by atoms with Gasteiger partial charge in [0.05, 0.1) is 15.6 Å². The Labute approximate surface area is 113 Å². The smallest absolute Gasteiger partial charge is 0.144 e. The molecule has 2 rings (SSSR count). The van der Waals surface area contributed by atoms with Gasteiger partial charge in [0.25, 0.3) is 0 Å². The SMILES string of the molecule is N#Cc1cccc(CSc2ccc(Cl)cn2)c1F. The summed E-state index contributed by atoms with van der Waals surface area (Å²) in [5.41, 5.74) is 0.563. The normalized spacial score (nSPS) is 10.1. The van der Waals surface area contributed by atoms with E-state index in [1.54, 1.807) is 30.5 Å². The zero-order valence-corrected chi connectivity index (χ0v) is 10.8. The lowest BCUT2D eigenvalue weighted by Crippen LogP contribution is -1.92. The molecule has 0 atom stereocenters. The molecule has 0 aliphatic carbocycles. The Morgan fingerprint density at radius 2 is 2.17 bits per heavy atom. The summed E-state index contributed by atoms with van der Waals surface area (Å²) in [6.45, 7) is 0. The highest BCUT2D eigenvalue weighted by Gasteiger charge is 2.08. The molecule has 18 heavy (non-hydrogen) atoms. The standard InChI is InChI=1S/C13H8ClFN2S/c14-11-4-5-12(17-7-11)18-8-10-3-1-2-9(6-16)13(10)15/h1-5,7H,8H2. The maximum Gasteiger partial charge on any atom is 0.144 e. The van der Waals surface area contributed by atoms with E-state index in [1.165, 1.54) is 17.8 Å². The molecular weight excluding hydrogens is 271 g/mol. The average Bonchev–Trinajstić information content (AvgIpc) is 2.39. The number of nitriles is 1. The molecule has 1 aromatic heterocycles. The summed E-state index contributed by atoms with van der Waals surface area (Å²) in [7, 11) is 0. The number of halogens is 2. The molecule has 90 valence electrons. The Hall–Kier alpha value is -1.57. The minimum Gasteiger partial charge on any atom is -0.248 e. The van der Waals surface area contributed by atoms with E-state index in [4.69, 9.17) is 16.9 Å². The number of benzene rings is 1.